The van der Waals surface area contributed by atoms with E-state index < -0.39 is 0 Å². The van der Waals surface area contributed by atoms with Gasteiger partial charge in [0.15, 0.2) is 0 Å². The number of rotatable bonds is 4. The van der Waals surface area contributed by atoms with Gasteiger partial charge in [0.25, 0.3) is 5.91 Å². The summed E-state index contributed by atoms with van der Waals surface area (Å²) in [5.74, 6) is 1.71. The van der Waals surface area contributed by atoms with Crippen LogP contribution in [0.5, 0.6) is 5.75 Å². The number of hydrogen-bond donors (Lipinski definition) is 0. The first-order chi connectivity index (χ1) is 13.2. The lowest BCUT2D eigenvalue weighted by Crippen LogP contribution is -2.49. The number of carbonyl (C=O) groups is 1. The Hall–Kier alpha value is -2.83. The van der Waals surface area contributed by atoms with E-state index in [1.807, 2.05) is 23.1 Å². The maximum Gasteiger partial charge on any atom is 0.272 e. The summed E-state index contributed by atoms with van der Waals surface area (Å²) in [5.41, 5.74) is 1.64. The summed E-state index contributed by atoms with van der Waals surface area (Å²) in [7, 11) is 1.67. The van der Waals surface area contributed by atoms with Crippen molar-refractivity contribution in [3.63, 3.8) is 0 Å². The molecule has 0 aliphatic carbocycles. The first-order valence-electron chi connectivity index (χ1n) is 9.50. The molecule has 2 aliphatic heterocycles. The molecule has 0 bridgehead atoms. The molecule has 2 aliphatic rings. The second kappa shape index (κ2) is 7.82. The van der Waals surface area contributed by atoms with E-state index in [9.17, 15) is 4.79 Å². The molecule has 3 heterocycles. The van der Waals surface area contributed by atoms with Gasteiger partial charge in [0.2, 0.25) is 0 Å². The highest BCUT2D eigenvalue weighted by Crippen LogP contribution is 2.22. The summed E-state index contributed by atoms with van der Waals surface area (Å²) in [6, 6.07) is 9.89. The van der Waals surface area contributed by atoms with Gasteiger partial charge in [0.05, 0.1) is 7.11 Å². The highest BCUT2D eigenvalue weighted by Gasteiger charge is 2.24. The lowest BCUT2D eigenvalue weighted by atomic mass is 10.2. The Bertz CT molecular complexity index is 781. The van der Waals surface area contributed by atoms with Gasteiger partial charge in [0, 0.05) is 51.0 Å². The number of ether oxygens (including phenoxy) is 1. The molecule has 4 rings (SSSR count). The summed E-state index contributed by atoms with van der Waals surface area (Å²) in [6.07, 6.45) is 3.87. The van der Waals surface area contributed by atoms with Crippen LogP contribution in [-0.2, 0) is 0 Å². The van der Waals surface area contributed by atoms with Gasteiger partial charge in [-0.15, -0.1) is 0 Å². The topological polar surface area (TPSA) is 61.8 Å². The van der Waals surface area contributed by atoms with Crippen molar-refractivity contribution in [1.29, 1.82) is 0 Å². The van der Waals surface area contributed by atoms with E-state index in [1.165, 1.54) is 19.2 Å². The molecule has 2 saturated heterocycles. The zero-order chi connectivity index (χ0) is 18.6. The van der Waals surface area contributed by atoms with Crippen molar-refractivity contribution in [1.82, 2.24) is 14.9 Å². The van der Waals surface area contributed by atoms with E-state index in [2.05, 4.69) is 31.9 Å². The smallest absolute Gasteiger partial charge is 0.272 e. The number of nitrogens with zero attached hydrogens (tertiary/aromatic N) is 5. The Morgan fingerprint density at radius 3 is 2.30 bits per heavy atom. The summed E-state index contributed by atoms with van der Waals surface area (Å²) >= 11 is 0. The fourth-order valence-electron chi connectivity index (χ4n) is 3.71. The Morgan fingerprint density at radius 2 is 1.63 bits per heavy atom. The summed E-state index contributed by atoms with van der Waals surface area (Å²) < 4.78 is 5.21. The van der Waals surface area contributed by atoms with Crippen molar-refractivity contribution in [2.24, 2.45) is 0 Å². The molecular formula is C20H25N5O2. The van der Waals surface area contributed by atoms with Crippen molar-refractivity contribution in [3.05, 3.63) is 42.4 Å². The molecule has 0 unspecified atom stereocenters. The second-order valence-corrected chi connectivity index (χ2v) is 6.93. The van der Waals surface area contributed by atoms with Crippen LogP contribution in [0.3, 0.4) is 0 Å². The summed E-state index contributed by atoms with van der Waals surface area (Å²) in [6.45, 7) is 5.00. The Morgan fingerprint density at radius 1 is 0.926 bits per heavy atom. The van der Waals surface area contributed by atoms with Crippen LogP contribution < -0.4 is 14.5 Å². The van der Waals surface area contributed by atoms with Crippen molar-refractivity contribution in [2.75, 3.05) is 56.2 Å². The number of hydrogen-bond acceptors (Lipinski definition) is 6. The molecule has 2 aromatic rings. The minimum Gasteiger partial charge on any atom is -0.497 e. The number of amides is 1. The predicted molar refractivity (Wildman–Crippen MR) is 105 cm³/mol. The van der Waals surface area contributed by atoms with Gasteiger partial charge in [-0.05, 0) is 37.1 Å². The van der Waals surface area contributed by atoms with Crippen LogP contribution in [-0.4, -0.2) is 67.2 Å². The largest absolute Gasteiger partial charge is 0.497 e. The Labute approximate surface area is 159 Å². The molecule has 142 valence electrons. The van der Waals surface area contributed by atoms with Gasteiger partial charge in [-0.2, -0.15) is 0 Å². The third-order valence-electron chi connectivity index (χ3n) is 5.31. The van der Waals surface area contributed by atoms with Gasteiger partial charge < -0.3 is 19.4 Å². The number of methoxy groups -OCH3 is 1. The van der Waals surface area contributed by atoms with Crippen molar-refractivity contribution in [2.45, 2.75) is 12.8 Å². The molecule has 1 aromatic carbocycles. The zero-order valence-corrected chi connectivity index (χ0v) is 15.7. The van der Waals surface area contributed by atoms with Gasteiger partial charge >= 0.3 is 0 Å². The fourth-order valence-corrected chi connectivity index (χ4v) is 3.71. The van der Waals surface area contributed by atoms with Gasteiger partial charge in [-0.25, -0.2) is 9.97 Å². The summed E-state index contributed by atoms with van der Waals surface area (Å²) in [5, 5.41) is 0. The van der Waals surface area contributed by atoms with E-state index in [0.717, 1.165) is 43.4 Å². The van der Waals surface area contributed by atoms with Crippen LogP contribution in [0.15, 0.2) is 36.7 Å². The van der Waals surface area contributed by atoms with Crippen molar-refractivity contribution >= 4 is 17.4 Å². The van der Waals surface area contributed by atoms with E-state index in [0.29, 0.717) is 18.8 Å². The van der Waals surface area contributed by atoms with Crippen LogP contribution >= 0.6 is 0 Å². The monoisotopic (exact) mass is 367 g/mol. The summed E-state index contributed by atoms with van der Waals surface area (Å²) in [4.78, 5) is 27.8. The Balaban J connectivity index is 1.39. The molecule has 0 spiro atoms. The van der Waals surface area contributed by atoms with E-state index in [-0.39, 0.29) is 5.91 Å². The molecule has 27 heavy (non-hydrogen) atoms. The van der Waals surface area contributed by atoms with Crippen LogP contribution in [0.2, 0.25) is 0 Å². The second-order valence-electron chi connectivity index (χ2n) is 6.93. The highest BCUT2D eigenvalue weighted by atomic mass is 16.5. The van der Waals surface area contributed by atoms with E-state index in [4.69, 9.17) is 4.74 Å². The van der Waals surface area contributed by atoms with Crippen LogP contribution in [0, 0.1) is 0 Å². The quantitative estimate of drug-likeness (QED) is 0.824. The normalized spacial score (nSPS) is 17.3. The van der Waals surface area contributed by atoms with Crippen molar-refractivity contribution < 1.29 is 9.53 Å². The maximum atomic E-state index is 12.9. The van der Waals surface area contributed by atoms with E-state index >= 15 is 0 Å². The molecule has 1 aromatic heterocycles. The first-order valence-corrected chi connectivity index (χ1v) is 9.50. The number of anilines is 2. The Kier molecular flexibility index (Phi) is 5.09. The molecule has 0 saturated carbocycles. The van der Waals surface area contributed by atoms with Gasteiger partial charge in [-0.3, -0.25) is 4.79 Å². The number of aromatic nitrogens is 2. The standard InChI is InChI=1S/C20H25N5O2/c1-27-17-6-4-16(5-7-17)23-10-12-25(13-11-23)20(26)18-14-19(22-15-21-18)24-8-2-3-9-24/h4-7,14-15H,2-3,8-13H2,1H3. The lowest BCUT2D eigenvalue weighted by molar-refractivity contribution is 0.0740. The van der Waals surface area contributed by atoms with Crippen molar-refractivity contribution in [3.8, 4) is 5.75 Å². The third-order valence-corrected chi connectivity index (χ3v) is 5.31. The molecule has 0 N–H and O–H groups in total. The molecule has 7 heteroatoms. The number of piperazine rings is 1. The zero-order valence-electron chi connectivity index (χ0n) is 15.7. The minimum absolute atomic E-state index is 0.00720. The maximum absolute atomic E-state index is 12.9. The molecule has 0 atom stereocenters. The minimum atomic E-state index is -0.00720. The van der Waals surface area contributed by atoms with Crippen LogP contribution in [0.25, 0.3) is 0 Å². The lowest BCUT2D eigenvalue weighted by Gasteiger charge is -2.36. The third kappa shape index (κ3) is 3.82. The SMILES string of the molecule is COc1ccc(N2CCN(C(=O)c3cc(N4CCCC4)ncn3)CC2)cc1. The predicted octanol–water partition coefficient (Wildman–Crippen LogP) is 2.05. The molecule has 2 fully saturated rings. The first kappa shape index (κ1) is 17.6. The molecule has 7 nitrogen and oxygen atoms in total. The van der Waals surface area contributed by atoms with Gasteiger partial charge in [0.1, 0.15) is 23.6 Å². The van der Waals surface area contributed by atoms with Crippen LogP contribution in [0.4, 0.5) is 11.5 Å². The van der Waals surface area contributed by atoms with Crippen LogP contribution in [0.1, 0.15) is 23.3 Å². The average Bonchev–Trinajstić information content (AvgIpc) is 3.29. The molecule has 1 amide bonds. The van der Waals surface area contributed by atoms with Gasteiger partial charge in [-0.1, -0.05) is 0 Å². The fraction of sp³-hybridized carbons (Fsp3) is 0.450. The van der Waals surface area contributed by atoms with E-state index in [1.54, 1.807) is 7.11 Å². The molecule has 0 radical (unpaired) electrons. The number of benzene rings is 1. The highest BCUT2D eigenvalue weighted by molar-refractivity contribution is 5.93. The molecular weight excluding hydrogens is 342 g/mol. The number of carbonyl (C=O) groups excluding carboxylic acids is 1. The average molecular weight is 367 g/mol.